The van der Waals surface area contributed by atoms with Gasteiger partial charge in [-0.3, -0.25) is 14.3 Å². The Kier molecular flexibility index (Phi) is 4.09. The third kappa shape index (κ3) is 3.05. The van der Waals surface area contributed by atoms with Crippen LogP contribution in [0.4, 0.5) is 0 Å². The van der Waals surface area contributed by atoms with Crippen molar-refractivity contribution in [3.05, 3.63) is 70.4 Å². The number of methoxy groups -OCH3 is 1. The van der Waals surface area contributed by atoms with Crippen LogP contribution in [0.5, 0.6) is 5.75 Å². The van der Waals surface area contributed by atoms with Crippen LogP contribution in [0.1, 0.15) is 11.3 Å². The fourth-order valence-electron chi connectivity index (χ4n) is 3.28. The molecule has 0 saturated carbocycles. The number of aromatic nitrogens is 6. The fourth-order valence-corrected chi connectivity index (χ4v) is 4.02. The molecule has 0 unspecified atom stereocenters. The lowest BCUT2D eigenvalue weighted by Gasteiger charge is -2.07. The number of nitrogens with zero attached hydrogens (tertiary/aromatic N) is 6. The Morgan fingerprint density at radius 3 is 2.83 bits per heavy atom. The van der Waals surface area contributed by atoms with Gasteiger partial charge in [0, 0.05) is 11.6 Å². The Bertz CT molecular complexity index is 1420. The van der Waals surface area contributed by atoms with Crippen molar-refractivity contribution in [2.75, 3.05) is 7.11 Å². The van der Waals surface area contributed by atoms with Crippen LogP contribution in [0.25, 0.3) is 26.9 Å². The van der Waals surface area contributed by atoms with Crippen molar-refractivity contribution in [1.29, 1.82) is 0 Å². The molecule has 29 heavy (non-hydrogen) atoms. The highest BCUT2D eigenvalue weighted by atomic mass is 32.1. The second-order valence-corrected chi connectivity index (χ2v) is 7.46. The molecule has 8 nitrogen and oxygen atoms in total. The number of hydrogen-bond acceptors (Lipinski definition) is 7. The number of pyridine rings is 2. The first kappa shape index (κ1) is 17.5. The molecule has 144 valence electrons. The molecule has 1 aromatic carbocycles. The topological polar surface area (TPSA) is 87.7 Å². The predicted octanol–water partition coefficient (Wildman–Crippen LogP) is 2.95. The van der Waals surface area contributed by atoms with E-state index in [0.29, 0.717) is 23.3 Å². The van der Waals surface area contributed by atoms with Gasteiger partial charge in [0.1, 0.15) is 16.3 Å². The van der Waals surface area contributed by atoms with E-state index in [9.17, 15) is 4.79 Å². The van der Waals surface area contributed by atoms with E-state index in [-0.39, 0.29) is 5.56 Å². The van der Waals surface area contributed by atoms with Crippen molar-refractivity contribution >= 4 is 33.5 Å². The fraction of sp³-hybridized carbons (Fsp3) is 0.150. The summed E-state index contributed by atoms with van der Waals surface area (Å²) in [6, 6.07) is 11.6. The third-order valence-electron chi connectivity index (χ3n) is 4.71. The van der Waals surface area contributed by atoms with Gasteiger partial charge in [-0.15, -0.1) is 5.10 Å². The summed E-state index contributed by atoms with van der Waals surface area (Å²) in [6.45, 7) is 2.32. The van der Waals surface area contributed by atoms with Crippen LogP contribution in [0, 0.1) is 6.92 Å². The van der Waals surface area contributed by atoms with Crippen LogP contribution in [-0.4, -0.2) is 36.0 Å². The van der Waals surface area contributed by atoms with Gasteiger partial charge in [-0.2, -0.15) is 4.37 Å². The lowest BCUT2D eigenvalue weighted by molar-refractivity contribution is 0.414. The molecule has 0 N–H and O–H groups in total. The van der Waals surface area contributed by atoms with Crippen LogP contribution >= 0.6 is 11.5 Å². The Labute approximate surface area is 169 Å². The van der Waals surface area contributed by atoms with E-state index in [1.165, 1.54) is 11.5 Å². The molecule has 4 heterocycles. The van der Waals surface area contributed by atoms with Crippen LogP contribution in [0.2, 0.25) is 0 Å². The summed E-state index contributed by atoms with van der Waals surface area (Å²) < 4.78 is 12.7. The van der Waals surface area contributed by atoms with Crippen LogP contribution in [0.3, 0.4) is 0 Å². The lowest BCUT2D eigenvalue weighted by Crippen LogP contribution is -2.20. The summed E-state index contributed by atoms with van der Waals surface area (Å²) in [5, 5.41) is 10.1. The maximum atomic E-state index is 13.1. The smallest absolute Gasteiger partial charge is 0.283 e. The number of benzene rings is 1. The van der Waals surface area contributed by atoms with Crippen molar-refractivity contribution < 1.29 is 4.74 Å². The molecule has 5 rings (SSSR count). The summed E-state index contributed by atoms with van der Waals surface area (Å²) in [5.41, 5.74) is 3.60. The van der Waals surface area contributed by atoms with E-state index in [4.69, 9.17) is 4.74 Å². The Hall–Kier alpha value is -3.59. The van der Waals surface area contributed by atoms with Gasteiger partial charge in [-0.05, 0) is 54.4 Å². The predicted molar refractivity (Wildman–Crippen MR) is 111 cm³/mol. The maximum absolute atomic E-state index is 13.1. The zero-order chi connectivity index (χ0) is 20.0. The molecule has 0 radical (unpaired) electrons. The molecule has 0 amide bonds. The van der Waals surface area contributed by atoms with Gasteiger partial charge in [-0.1, -0.05) is 11.3 Å². The molecule has 0 aliphatic carbocycles. The second-order valence-electron chi connectivity index (χ2n) is 6.68. The standard InChI is InChI=1S/C20H16N6O2S/c1-12-7-18(29-23-12)25-6-5-17-19(20(25)27)26(24-22-17)11-13-3-4-16-14(8-13)9-15(28-2)10-21-16/h3-10H,11H2,1-2H3. The number of hydrogen-bond donors (Lipinski definition) is 0. The molecule has 0 atom stereocenters. The van der Waals surface area contributed by atoms with Crippen LogP contribution in [-0.2, 0) is 6.54 Å². The first-order valence-electron chi connectivity index (χ1n) is 8.93. The normalized spacial score (nSPS) is 11.4. The molecule has 9 heteroatoms. The van der Waals surface area contributed by atoms with E-state index in [1.807, 2.05) is 37.3 Å². The minimum absolute atomic E-state index is 0.166. The van der Waals surface area contributed by atoms with Gasteiger partial charge >= 0.3 is 0 Å². The number of rotatable bonds is 4. The highest BCUT2D eigenvalue weighted by molar-refractivity contribution is 7.08. The summed E-state index contributed by atoms with van der Waals surface area (Å²) in [5.74, 6) is 0.698. The summed E-state index contributed by atoms with van der Waals surface area (Å²) in [7, 11) is 1.61. The van der Waals surface area contributed by atoms with Crippen LogP contribution in [0.15, 0.2) is 53.6 Å². The largest absolute Gasteiger partial charge is 0.495 e. The quantitative estimate of drug-likeness (QED) is 0.458. The zero-order valence-electron chi connectivity index (χ0n) is 15.7. The van der Waals surface area contributed by atoms with Crippen molar-refractivity contribution in [3.63, 3.8) is 0 Å². The van der Waals surface area contributed by atoms with Gasteiger partial charge in [-0.25, -0.2) is 4.68 Å². The van der Waals surface area contributed by atoms with Crippen LogP contribution < -0.4 is 10.3 Å². The summed E-state index contributed by atoms with van der Waals surface area (Å²) in [4.78, 5) is 17.5. The van der Waals surface area contributed by atoms with Gasteiger partial charge in [0.25, 0.3) is 5.56 Å². The molecule has 0 spiro atoms. The van der Waals surface area contributed by atoms with E-state index >= 15 is 0 Å². The first-order valence-corrected chi connectivity index (χ1v) is 9.71. The van der Waals surface area contributed by atoms with Crippen molar-refractivity contribution in [1.82, 2.24) is 28.9 Å². The average molecular weight is 404 g/mol. The van der Waals surface area contributed by atoms with Crippen molar-refractivity contribution in [3.8, 4) is 10.8 Å². The molecule has 4 aromatic heterocycles. The summed E-state index contributed by atoms with van der Waals surface area (Å²) >= 11 is 1.29. The molecule has 0 bridgehead atoms. The Balaban J connectivity index is 1.58. The van der Waals surface area contributed by atoms with Gasteiger partial charge in [0.15, 0.2) is 5.52 Å². The van der Waals surface area contributed by atoms with E-state index in [1.54, 1.807) is 34.8 Å². The molecule has 0 fully saturated rings. The summed E-state index contributed by atoms with van der Waals surface area (Å²) in [6.07, 6.45) is 3.40. The van der Waals surface area contributed by atoms with E-state index in [0.717, 1.165) is 27.2 Å². The van der Waals surface area contributed by atoms with Gasteiger partial charge in [0.05, 0.1) is 31.1 Å². The number of ether oxygens (including phenoxy) is 1. The highest BCUT2D eigenvalue weighted by Gasteiger charge is 2.14. The SMILES string of the molecule is COc1cnc2ccc(Cn3nnc4ccn(-c5cc(C)ns5)c(=O)c43)cc2c1. The van der Waals surface area contributed by atoms with Gasteiger partial charge < -0.3 is 4.74 Å². The lowest BCUT2D eigenvalue weighted by atomic mass is 10.1. The monoisotopic (exact) mass is 404 g/mol. The Morgan fingerprint density at radius 2 is 2.03 bits per heavy atom. The van der Waals surface area contributed by atoms with Crippen molar-refractivity contribution in [2.45, 2.75) is 13.5 Å². The molecular formula is C20H16N6O2S. The number of aryl methyl sites for hydroxylation is 1. The van der Waals surface area contributed by atoms with Gasteiger partial charge in [0.2, 0.25) is 0 Å². The van der Waals surface area contributed by atoms with Crippen molar-refractivity contribution in [2.24, 2.45) is 0 Å². The molecule has 0 saturated heterocycles. The second kappa shape index (κ2) is 6.78. The minimum Gasteiger partial charge on any atom is -0.495 e. The highest BCUT2D eigenvalue weighted by Crippen LogP contribution is 2.21. The minimum atomic E-state index is -0.166. The molecule has 5 aromatic rings. The number of fused-ring (bicyclic) bond motifs is 2. The zero-order valence-corrected chi connectivity index (χ0v) is 16.6. The Morgan fingerprint density at radius 1 is 1.14 bits per heavy atom. The third-order valence-corrected chi connectivity index (χ3v) is 5.59. The van der Waals surface area contributed by atoms with E-state index in [2.05, 4.69) is 19.7 Å². The average Bonchev–Trinajstić information content (AvgIpc) is 3.34. The maximum Gasteiger partial charge on any atom is 0.283 e. The molecule has 0 aliphatic heterocycles. The molecule has 0 aliphatic rings. The molecular weight excluding hydrogens is 388 g/mol. The first-order chi connectivity index (χ1) is 14.1. The van der Waals surface area contributed by atoms with E-state index < -0.39 is 0 Å².